The van der Waals surface area contributed by atoms with Crippen LogP contribution in [-0.4, -0.2) is 91.6 Å². The topological polar surface area (TPSA) is 171 Å². The number of carbonyl (C=O) groups excluding carboxylic acids is 5. The van der Waals surface area contributed by atoms with Crippen LogP contribution in [0.2, 0.25) is 0 Å². The van der Waals surface area contributed by atoms with Crippen molar-refractivity contribution >= 4 is 39.4 Å². The molecule has 1 aliphatic heterocycles. The van der Waals surface area contributed by atoms with Crippen LogP contribution < -0.4 is 21.3 Å². The van der Waals surface area contributed by atoms with Gasteiger partial charge >= 0.3 is 6.03 Å². The first-order chi connectivity index (χ1) is 20.9. The predicted octanol–water partition coefficient (Wildman–Crippen LogP) is 2.09. The Balaban J connectivity index is 1.79. The number of rotatable bonds is 14. The number of amides is 5. The summed E-state index contributed by atoms with van der Waals surface area (Å²) >= 11 is 0. The summed E-state index contributed by atoms with van der Waals surface area (Å²) in [6.07, 6.45) is 7.93. The predicted molar refractivity (Wildman–Crippen MR) is 172 cm³/mol. The van der Waals surface area contributed by atoms with Gasteiger partial charge in [-0.15, -0.1) is 6.58 Å². The van der Waals surface area contributed by atoms with Crippen molar-refractivity contribution in [1.29, 1.82) is 0 Å². The summed E-state index contributed by atoms with van der Waals surface area (Å²) in [6.45, 7) is 13.8. The molecule has 2 aliphatic carbocycles. The molecular formula is C32H53N5O7S. The van der Waals surface area contributed by atoms with Crippen LogP contribution in [-0.2, 0) is 29.0 Å². The fourth-order valence-corrected chi connectivity index (χ4v) is 7.62. The van der Waals surface area contributed by atoms with E-state index in [0.717, 1.165) is 38.4 Å². The molecule has 12 nitrogen and oxygen atoms in total. The molecule has 45 heavy (non-hydrogen) atoms. The van der Waals surface area contributed by atoms with Crippen molar-refractivity contribution in [3.05, 3.63) is 12.7 Å². The van der Waals surface area contributed by atoms with Crippen molar-refractivity contribution in [3.63, 3.8) is 0 Å². The van der Waals surface area contributed by atoms with Gasteiger partial charge in [0, 0.05) is 24.9 Å². The molecule has 0 aromatic carbocycles. The third-order valence-corrected chi connectivity index (χ3v) is 10.4. The number of nitrogens with zero attached hydrogens (tertiary/aromatic N) is 1. The van der Waals surface area contributed by atoms with Crippen LogP contribution in [0.15, 0.2) is 12.7 Å². The van der Waals surface area contributed by atoms with Gasteiger partial charge in [-0.25, -0.2) is 13.2 Å². The van der Waals surface area contributed by atoms with Crippen molar-refractivity contribution in [1.82, 2.24) is 26.2 Å². The number of urea groups is 1. The molecule has 3 fully saturated rings. The van der Waals surface area contributed by atoms with E-state index in [9.17, 15) is 32.4 Å². The molecule has 2 saturated carbocycles. The van der Waals surface area contributed by atoms with Gasteiger partial charge in [0.2, 0.25) is 17.6 Å². The van der Waals surface area contributed by atoms with Gasteiger partial charge in [0.15, 0.2) is 0 Å². The summed E-state index contributed by atoms with van der Waals surface area (Å²) in [4.78, 5) is 68.6. The summed E-state index contributed by atoms with van der Waals surface area (Å²) in [7, 11) is -3.21. The Labute approximate surface area is 268 Å². The molecule has 0 radical (unpaired) electrons. The highest BCUT2D eigenvalue weighted by molar-refractivity contribution is 7.90. The third kappa shape index (κ3) is 9.76. The van der Waals surface area contributed by atoms with Crippen molar-refractivity contribution in [2.45, 2.75) is 110 Å². The quantitative estimate of drug-likeness (QED) is 0.127. The standard InChI is InChI=1S/C32H53N5O7S/c1-8-9-16-22(26(38)28(40)33-17-13-18-45(7,43)44)34-27(39)25-23-21(32(23,5)6)19-37(25)29(41)24(20-14-11-10-12-15-20)35-30(42)36-31(2,3)4/h8,20-25H,1,9-19H2,2-7H3,(H,33,40)(H,34,39)(H2,35,36,42)/t21-,22?,23-,24-,25-/m0/s1. The number of allylic oxidation sites excluding steroid dienone is 1. The van der Waals surface area contributed by atoms with Gasteiger partial charge in [-0.3, -0.25) is 19.2 Å². The SMILES string of the molecule is C=CCCC(NC(=O)[C@@H]1[C@@H]2[C@H](CN1C(=O)[C@@H](NC(=O)NC(C)(C)C)C1CCCCC1)C2(C)C)C(=O)C(=O)NCCCS(C)(=O)=O. The van der Waals surface area contributed by atoms with Crippen LogP contribution in [0.4, 0.5) is 4.79 Å². The monoisotopic (exact) mass is 651 g/mol. The molecule has 0 spiro atoms. The number of piperidine rings is 1. The van der Waals surface area contributed by atoms with Crippen LogP contribution in [0.1, 0.15) is 86.0 Å². The lowest BCUT2D eigenvalue weighted by Gasteiger charge is -2.37. The van der Waals surface area contributed by atoms with Gasteiger partial charge in [0.25, 0.3) is 5.91 Å². The Morgan fingerprint density at radius 3 is 2.27 bits per heavy atom. The van der Waals surface area contributed by atoms with Crippen molar-refractivity contribution in [3.8, 4) is 0 Å². The first-order valence-corrected chi connectivity index (χ1v) is 18.2. The van der Waals surface area contributed by atoms with E-state index >= 15 is 0 Å². The van der Waals surface area contributed by atoms with Crippen LogP contribution >= 0.6 is 0 Å². The highest BCUT2D eigenvalue weighted by atomic mass is 32.2. The van der Waals surface area contributed by atoms with E-state index in [1.54, 1.807) is 11.0 Å². The first-order valence-electron chi connectivity index (χ1n) is 16.2. The zero-order valence-electron chi connectivity index (χ0n) is 27.7. The number of Topliss-reactive ketones (excluding diaryl/α,β-unsaturated/α-hetero) is 1. The molecule has 3 aliphatic rings. The number of ketones is 1. The van der Waals surface area contributed by atoms with E-state index in [4.69, 9.17) is 0 Å². The van der Waals surface area contributed by atoms with Crippen LogP contribution in [0.25, 0.3) is 0 Å². The number of hydrogen-bond acceptors (Lipinski definition) is 7. The zero-order chi connectivity index (χ0) is 33.7. The van der Waals surface area contributed by atoms with Gasteiger partial charge in [-0.05, 0) is 76.0 Å². The molecule has 0 aromatic heterocycles. The average Bonchev–Trinajstić information content (AvgIpc) is 3.26. The Morgan fingerprint density at radius 1 is 1.04 bits per heavy atom. The second-order valence-electron chi connectivity index (χ2n) is 14.6. The third-order valence-electron chi connectivity index (χ3n) is 9.42. The van der Waals surface area contributed by atoms with Crippen LogP contribution in [0.3, 0.4) is 0 Å². The smallest absolute Gasteiger partial charge is 0.315 e. The second-order valence-corrected chi connectivity index (χ2v) is 16.9. The van der Waals surface area contributed by atoms with Crippen LogP contribution in [0, 0.1) is 23.2 Å². The van der Waals surface area contributed by atoms with E-state index in [2.05, 4.69) is 41.7 Å². The van der Waals surface area contributed by atoms with E-state index in [1.807, 2.05) is 20.8 Å². The minimum Gasteiger partial charge on any atom is -0.349 e. The molecule has 1 saturated heterocycles. The molecule has 1 heterocycles. The zero-order valence-corrected chi connectivity index (χ0v) is 28.6. The van der Waals surface area contributed by atoms with E-state index in [1.165, 1.54) is 0 Å². The van der Waals surface area contributed by atoms with Gasteiger partial charge < -0.3 is 26.2 Å². The maximum atomic E-state index is 14.3. The van der Waals surface area contributed by atoms with Gasteiger partial charge in [0.05, 0.1) is 11.8 Å². The first kappa shape index (κ1) is 36.5. The van der Waals surface area contributed by atoms with Crippen molar-refractivity contribution < 1.29 is 32.4 Å². The lowest BCUT2D eigenvalue weighted by atomic mass is 9.83. The molecule has 13 heteroatoms. The molecule has 0 bridgehead atoms. The lowest BCUT2D eigenvalue weighted by molar-refractivity contribution is -0.144. The summed E-state index contributed by atoms with van der Waals surface area (Å²) in [5.41, 5.74) is -0.688. The summed E-state index contributed by atoms with van der Waals surface area (Å²) in [5.74, 6) is -2.78. The number of likely N-dealkylation sites (tertiary alicyclic amines) is 1. The number of hydrogen-bond donors (Lipinski definition) is 4. The Hall–Kier alpha value is -2.96. The Morgan fingerprint density at radius 2 is 1.69 bits per heavy atom. The highest BCUT2D eigenvalue weighted by Crippen LogP contribution is 2.65. The number of fused-ring (bicyclic) bond motifs is 1. The number of nitrogens with one attached hydrogen (secondary N) is 4. The fraction of sp³-hybridized carbons (Fsp3) is 0.781. The second kappa shape index (κ2) is 14.6. The van der Waals surface area contributed by atoms with Gasteiger partial charge in [0.1, 0.15) is 21.9 Å². The molecule has 254 valence electrons. The Bertz CT molecular complexity index is 1250. The molecule has 4 N–H and O–H groups in total. The molecule has 5 atom stereocenters. The van der Waals surface area contributed by atoms with Crippen molar-refractivity contribution in [2.24, 2.45) is 23.2 Å². The van der Waals surface area contributed by atoms with Crippen molar-refractivity contribution in [2.75, 3.05) is 25.1 Å². The normalized spacial score (nSPS) is 24.0. The largest absolute Gasteiger partial charge is 0.349 e. The number of carbonyl (C=O) groups is 5. The molecule has 5 amide bonds. The summed E-state index contributed by atoms with van der Waals surface area (Å²) < 4.78 is 22.8. The highest BCUT2D eigenvalue weighted by Gasteiger charge is 2.69. The molecule has 1 unspecified atom stereocenters. The van der Waals surface area contributed by atoms with Crippen LogP contribution in [0.5, 0.6) is 0 Å². The maximum absolute atomic E-state index is 14.3. The van der Waals surface area contributed by atoms with Gasteiger partial charge in [-0.1, -0.05) is 39.2 Å². The lowest BCUT2D eigenvalue weighted by Crippen LogP contribution is -2.61. The molecule has 0 aromatic rings. The van der Waals surface area contributed by atoms with E-state index < -0.39 is 57.1 Å². The summed E-state index contributed by atoms with van der Waals surface area (Å²) in [5, 5.41) is 11.0. The minimum atomic E-state index is -3.21. The molecular weight excluding hydrogens is 598 g/mol. The minimum absolute atomic E-state index is 0.000955. The van der Waals surface area contributed by atoms with E-state index in [0.29, 0.717) is 13.0 Å². The van der Waals surface area contributed by atoms with Gasteiger partial charge in [-0.2, -0.15) is 0 Å². The maximum Gasteiger partial charge on any atom is 0.315 e. The number of sulfone groups is 1. The Kier molecular flexibility index (Phi) is 11.9. The average molecular weight is 652 g/mol. The summed E-state index contributed by atoms with van der Waals surface area (Å²) in [6, 6.07) is -3.23. The van der Waals surface area contributed by atoms with E-state index in [-0.39, 0.29) is 54.2 Å². The molecule has 3 rings (SSSR count). The fourth-order valence-electron chi connectivity index (χ4n) is 6.95.